The number of nitrogens with one attached hydrogen (secondary N) is 1. The lowest BCUT2D eigenvalue weighted by Crippen LogP contribution is -2.19. The van der Waals surface area contributed by atoms with Gasteiger partial charge >= 0.3 is 5.97 Å². The number of ether oxygens (including phenoxy) is 1. The second-order valence-electron chi connectivity index (χ2n) is 5.67. The monoisotopic (exact) mass is 291 g/mol. The third-order valence-electron chi connectivity index (χ3n) is 4.00. The molecule has 1 saturated carbocycles. The highest BCUT2D eigenvalue weighted by Gasteiger charge is 2.12. The molecule has 118 valence electrons. The fraction of sp³-hybridized carbons (Fsp3) is 0.611. The van der Waals surface area contributed by atoms with Crippen molar-refractivity contribution >= 4 is 5.97 Å². The number of hydrogen-bond donors (Lipinski definition) is 1. The minimum Gasteiger partial charge on any atom is -0.426 e. The lowest BCUT2D eigenvalue weighted by molar-refractivity contribution is -0.131. The summed E-state index contributed by atoms with van der Waals surface area (Å²) < 4.78 is 5.21. The van der Waals surface area contributed by atoms with Gasteiger partial charge in [0.15, 0.2) is 0 Å². The van der Waals surface area contributed by atoms with Crippen molar-refractivity contribution in [2.24, 2.45) is 5.92 Å². The van der Waals surface area contributed by atoms with Crippen molar-refractivity contribution in [3.63, 3.8) is 0 Å². The SMILES string of the molecule is C.CC(=O)Oc1ccccc1CNCCC1CCCCC1. The van der Waals surface area contributed by atoms with Crippen LogP contribution < -0.4 is 10.1 Å². The molecule has 1 aliphatic carbocycles. The molecule has 1 fully saturated rings. The van der Waals surface area contributed by atoms with E-state index in [0.717, 1.165) is 24.6 Å². The Morgan fingerprint density at radius 1 is 1.24 bits per heavy atom. The van der Waals surface area contributed by atoms with E-state index < -0.39 is 0 Å². The van der Waals surface area contributed by atoms with E-state index in [1.807, 2.05) is 24.3 Å². The second kappa shape index (κ2) is 9.56. The van der Waals surface area contributed by atoms with Crippen molar-refractivity contribution in [3.05, 3.63) is 29.8 Å². The Balaban J connectivity index is 0.00000220. The van der Waals surface area contributed by atoms with Crippen molar-refractivity contribution in [1.29, 1.82) is 0 Å². The Bertz CT molecular complexity index is 425. The summed E-state index contributed by atoms with van der Waals surface area (Å²) in [6.45, 7) is 3.24. The molecule has 3 nitrogen and oxygen atoms in total. The minimum absolute atomic E-state index is 0. The van der Waals surface area contributed by atoms with Crippen LogP contribution in [0.5, 0.6) is 5.75 Å². The molecular weight excluding hydrogens is 262 g/mol. The van der Waals surface area contributed by atoms with Crippen LogP contribution in [0, 0.1) is 5.92 Å². The molecule has 0 aliphatic heterocycles. The van der Waals surface area contributed by atoms with Crippen molar-refractivity contribution in [2.45, 2.75) is 59.4 Å². The Hall–Kier alpha value is -1.35. The van der Waals surface area contributed by atoms with Crippen LogP contribution in [0.25, 0.3) is 0 Å². The molecule has 1 aromatic carbocycles. The topological polar surface area (TPSA) is 38.3 Å². The number of para-hydroxylation sites is 1. The van der Waals surface area contributed by atoms with Crippen LogP contribution in [0.4, 0.5) is 0 Å². The van der Waals surface area contributed by atoms with E-state index in [0.29, 0.717) is 5.75 Å². The fourth-order valence-electron chi connectivity index (χ4n) is 2.91. The average molecular weight is 291 g/mol. The number of esters is 1. The van der Waals surface area contributed by atoms with E-state index in [-0.39, 0.29) is 13.4 Å². The molecule has 0 radical (unpaired) electrons. The van der Waals surface area contributed by atoms with Gasteiger partial charge in [0.2, 0.25) is 0 Å². The van der Waals surface area contributed by atoms with Gasteiger partial charge in [-0.25, -0.2) is 0 Å². The molecule has 21 heavy (non-hydrogen) atoms. The van der Waals surface area contributed by atoms with Crippen molar-refractivity contribution in [2.75, 3.05) is 6.54 Å². The van der Waals surface area contributed by atoms with E-state index in [2.05, 4.69) is 5.32 Å². The van der Waals surface area contributed by atoms with Crippen LogP contribution in [0.2, 0.25) is 0 Å². The first kappa shape index (κ1) is 17.7. The van der Waals surface area contributed by atoms with E-state index in [1.54, 1.807) is 0 Å². The summed E-state index contributed by atoms with van der Waals surface area (Å²) in [5.74, 6) is 1.31. The van der Waals surface area contributed by atoms with E-state index >= 15 is 0 Å². The Morgan fingerprint density at radius 3 is 2.67 bits per heavy atom. The quantitative estimate of drug-likeness (QED) is 0.482. The summed E-state index contributed by atoms with van der Waals surface area (Å²) in [5.41, 5.74) is 1.05. The van der Waals surface area contributed by atoms with Crippen LogP contribution in [0.1, 0.15) is 58.4 Å². The summed E-state index contributed by atoms with van der Waals surface area (Å²) >= 11 is 0. The molecule has 2 rings (SSSR count). The number of rotatable bonds is 6. The maximum Gasteiger partial charge on any atom is 0.308 e. The first-order valence-electron chi connectivity index (χ1n) is 7.73. The van der Waals surface area contributed by atoms with Crippen LogP contribution in [-0.4, -0.2) is 12.5 Å². The zero-order chi connectivity index (χ0) is 14.2. The Morgan fingerprint density at radius 2 is 1.95 bits per heavy atom. The van der Waals surface area contributed by atoms with Crippen molar-refractivity contribution < 1.29 is 9.53 Å². The number of carbonyl (C=O) groups is 1. The zero-order valence-corrected chi connectivity index (χ0v) is 12.4. The molecule has 0 bridgehead atoms. The van der Waals surface area contributed by atoms with Crippen LogP contribution in [0.3, 0.4) is 0 Å². The molecule has 0 unspecified atom stereocenters. The zero-order valence-electron chi connectivity index (χ0n) is 12.4. The van der Waals surface area contributed by atoms with Crippen LogP contribution in [-0.2, 0) is 11.3 Å². The van der Waals surface area contributed by atoms with Gasteiger partial charge in [-0.15, -0.1) is 0 Å². The number of hydrogen-bond acceptors (Lipinski definition) is 3. The molecule has 0 saturated heterocycles. The summed E-state index contributed by atoms with van der Waals surface area (Å²) in [4.78, 5) is 11.1. The van der Waals surface area contributed by atoms with E-state index in [9.17, 15) is 4.79 Å². The third-order valence-corrected chi connectivity index (χ3v) is 4.00. The van der Waals surface area contributed by atoms with Gasteiger partial charge in [-0.2, -0.15) is 0 Å². The maximum atomic E-state index is 11.1. The highest BCUT2D eigenvalue weighted by atomic mass is 16.5. The van der Waals surface area contributed by atoms with Gasteiger partial charge in [-0.1, -0.05) is 57.7 Å². The standard InChI is InChI=1S/C17H25NO2.CH4/c1-14(19)20-17-10-6-5-9-16(17)13-18-12-11-15-7-3-2-4-8-15;/h5-6,9-10,15,18H,2-4,7-8,11-13H2,1H3;1H4. The molecule has 0 heterocycles. The van der Waals surface area contributed by atoms with Crippen molar-refractivity contribution in [3.8, 4) is 5.75 Å². The van der Waals surface area contributed by atoms with E-state index in [1.165, 1.54) is 45.4 Å². The normalized spacial score (nSPS) is 15.3. The summed E-state index contributed by atoms with van der Waals surface area (Å²) in [6, 6.07) is 7.72. The smallest absolute Gasteiger partial charge is 0.308 e. The maximum absolute atomic E-state index is 11.1. The number of benzene rings is 1. The molecule has 0 atom stereocenters. The van der Waals surface area contributed by atoms with Gasteiger partial charge in [-0.05, 0) is 24.9 Å². The van der Waals surface area contributed by atoms with Crippen LogP contribution >= 0.6 is 0 Å². The van der Waals surface area contributed by atoms with E-state index in [4.69, 9.17) is 4.74 Å². The first-order valence-corrected chi connectivity index (χ1v) is 7.73. The fourth-order valence-corrected chi connectivity index (χ4v) is 2.91. The van der Waals surface area contributed by atoms with Gasteiger partial charge in [-0.3, -0.25) is 4.79 Å². The van der Waals surface area contributed by atoms with Gasteiger partial charge in [0.1, 0.15) is 5.75 Å². The van der Waals surface area contributed by atoms with Gasteiger partial charge in [0, 0.05) is 19.0 Å². The summed E-state index contributed by atoms with van der Waals surface area (Å²) in [6.07, 6.45) is 8.27. The largest absolute Gasteiger partial charge is 0.426 e. The van der Waals surface area contributed by atoms with Gasteiger partial charge in [0.05, 0.1) is 0 Å². The Kier molecular flexibility index (Phi) is 8.06. The molecule has 0 amide bonds. The van der Waals surface area contributed by atoms with Crippen molar-refractivity contribution in [1.82, 2.24) is 5.32 Å². The third kappa shape index (κ3) is 6.30. The number of carbonyl (C=O) groups excluding carboxylic acids is 1. The van der Waals surface area contributed by atoms with Crippen LogP contribution in [0.15, 0.2) is 24.3 Å². The molecule has 1 N–H and O–H groups in total. The highest BCUT2D eigenvalue weighted by molar-refractivity contribution is 5.69. The highest BCUT2D eigenvalue weighted by Crippen LogP contribution is 2.25. The molecule has 1 aromatic rings. The lowest BCUT2D eigenvalue weighted by atomic mass is 9.87. The lowest BCUT2D eigenvalue weighted by Gasteiger charge is -2.21. The summed E-state index contributed by atoms with van der Waals surface area (Å²) in [5, 5.41) is 3.47. The van der Waals surface area contributed by atoms with Gasteiger partial charge < -0.3 is 10.1 Å². The average Bonchev–Trinajstić information content (AvgIpc) is 2.46. The minimum atomic E-state index is -0.264. The molecule has 3 heteroatoms. The van der Waals surface area contributed by atoms with Gasteiger partial charge in [0.25, 0.3) is 0 Å². The molecular formula is C18H29NO2. The predicted octanol–water partition coefficient (Wildman–Crippen LogP) is 4.31. The second-order valence-corrected chi connectivity index (χ2v) is 5.67. The molecule has 0 spiro atoms. The Labute approximate surface area is 129 Å². The first-order chi connectivity index (χ1) is 9.75. The molecule has 1 aliphatic rings. The molecule has 0 aromatic heterocycles. The predicted molar refractivity (Wildman–Crippen MR) is 87.4 cm³/mol. The summed E-state index contributed by atoms with van der Waals surface area (Å²) in [7, 11) is 0.